The Morgan fingerprint density at radius 3 is 2.51 bits per heavy atom. The largest absolute Gasteiger partial charge is 0.494 e. The fraction of sp³-hybridized carbons (Fsp3) is 0.531. The minimum absolute atomic E-state index is 0.0365. The number of nitrogens with zero attached hydrogens (tertiary/aromatic N) is 3. The van der Waals surface area contributed by atoms with Gasteiger partial charge in [0, 0.05) is 32.2 Å². The van der Waals surface area contributed by atoms with Gasteiger partial charge in [-0.25, -0.2) is 9.59 Å². The molecule has 3 aliphatic rings. The van der Waals surface area contributed by atoms with Crippen molar-refractivity contribution in [2.24, 2.45) is 11.8 Å². The van der Waals surface area contributed by atoms with E-state index in [1.165, 1.54) is 19.2 Å². The number of fused-ring (bicyclic) bond motifs is 2. The molecule has 13 heteroatoms. The topological polar surface area (TPSA) is 153 Å². The van der Waals surface area contributed by atoms with E-state index in [2.05, 4.69) is 10.6 Å². The van der Waals surface area contributed by atoms with Crippen molar-refractivity contribution in [3.05, 3.63) is 63.7 Å². The van der Waals surface area contributed by atoms with Crippen molar-refractivity contribution in [3.8, 4) is 5.75 Å². The second-order valence-corrected chi connectivity index (χ2v) is 12.9. The molecular formula is C32H41N5O8. The summed E-state index contributed by atoms with van der Waals surface area (Å²) in [7, 11) is 1.40. The van der Waals surface area contributed by atoms with Gasteiger partial charge in [0.1, 0.15) is 18.0 Å². The Balaban J connectivity index is 1.22. The fourth-order valence-electron chi connectivity index (χ4n) is 6.49. The van der Waals surface area contributed by atoms with E-state index in [0.717, 1.165) is 12.0 Å². The molecule has 4 atom stereocenters. The fourth-order valence-corrected chi connectivity index (χ4v) is 6.49. The smallest absolute Gasteiger partial charge is 0.410 e. The third-order valence-electron chi connectivity index (χ3n) is 8.59. The van der Waals surface area contributed by atoms with Crippen molar-refractivity contribution in [3.63, 3.8) is 0 Å². The lowest BCUT2D eigenvalue weighted by molar-refractivity contribution is -0.384. The number of alkyl carbamates (subject to hydrolysis) is 1. The molecular weight excluding hydrogens is 582 g/mol. The quantitative estimate of drug-likeness (QED) is 0.296. The Bertz CT molecular complexity index is 1430. The monoisotopic (exact) mass is 623 g/mol. The Morgan fingerprint density at radius 1 is 1.07 bits per heavy atom. The lowest BCUT2D eigenvalue weighted by Gasteiger charge is -2.28. The molecule has 2 unspecified atom stereocenters. The van der Waals surface area contributed by atoms with Crippen LogP contribution < -0.4 is 15.4 Å². The number of nitro groups is 1. The van der Waals surface area contributed by atoms with Crippen LogP contribution >= 0.6 is 0 Å². The van der Waals surface area contributed by atoms with Crippen molar-refractivity contribution < 1.29 is 33.5 Å². The molecule has 2 aromatic carbocycles. The molecule has 2 heterocycles. The summed E-state index contributed by atoms with van der Waals surface area (Å²) in [5, 5.41) is 18.3. The van der Waals surface area contributed by atoms with E-state index in [4.69, 9.17) is 14.2 Å². The SMILES string of the molecule is COc1cc(C(=O)N2CC3CCC2[C@@H]3NC(=O)OC(C)(C)C)cc([N+](=O)[O-])c1NC[C@H]1CCN(C(=O)OCc2ccccc2)C1. The van der Waals surface area contributed by atoms with Crippen LogP contribution in [-0.2, 0) is 16.1 Å². The molecule has 2 bridgehead atoms. The number of rotatable bonds is 9. The van der Waals surface area contributed by atoms with E-state index in [0.29, 0.717) is 39.0 Å². The maximum Gasteiger partial charge on any atom is 0.410 e. The number of nitrogens with one attached hydrogen (secondary N) is 2. The molecule has 2 aliphatic heterocycles. The zero-order valence-corrected chi connectivity index (χ0v) is 26.1. The summed E-state index contributed by atoms with van der Waals surface area (Å²) in [6.07, 6.45) is 1.36. The molecule has 1 saturated carbocycles. The van der Waals surface area contributed by atoms with E-state index < -0.39 is 22.7 Å². The molecule has 0 spiro atoms. The van der Waals surface area contributed by atoms with Crippen LogP contribution in [0.5, 0.6) is 5.75 Å². The van der Waals surface area contributed by atoms with Crippen LogP contribution in [0, 0.1) is 22.0 Å². The number of piperidine rings is 1. The molecule has 5 rings (SSSR count). The number of hydrogen-bond acceptors (Lipinski definition) is 9. The molecule has 0 radical (unpaired) electrons. The number of carbonyl (C=O) groups is 3. The standard InChI is InChI=1S/C32H41N5O8/c1-32(2,3)45-30(39)34-27-22-10-11-24(27)36(18-22)29(38)23-14-25(37(41)42)28(26(15-23)43-4)33-16-21-12-13-35(17-21)31(40)44-19-20-8-6-5-7-9-20/h5-9,14-15,21-22,24,27,33H,10-13,16-19H2,1-4H3,(H,34,39)/t21-,22?,24?,27-/m1/s1. The summed E-state index contributed by atoms with van der Waals surface area (Å²) >= 11 is 0. The maximum atomic E-state index is 13.7. The van der Waals surface area contributed by atoms with Crippen molar-refractivity contribution in [2.45, 2.75) is 64.3 Å². The first-order valence-electron chi connectivity index (χ1n) is 15.3. The van der Waals surface area contributed by atoms with E-state index in [-0.39, 0.29) is 59.1 Å². The van der Waals surface area contributed by atoms with Crippen LogP contribution in [0.25, 0.3) is 0 Å². The molecule has 1 aliphatic carbocycles. The highest BCUT2D eigenvalue weighted by Crippen LogP contribution is 2.41. The van der Waals surface area contributed by atoms with Gasteiger partial charge in [0.15, 0.2) is 5.69 Å². The lowest BCUT2D eigenvalue weighted by Crippen LogP contribution is -2.46. The number of ether oxygens (including phenoxy) is 3. The lowest BCUT2D eigenvalue weighted by atomic mass is 10.1. The number of benzene rings is 2. The van der Waals surface area contributed by atoms with Gasteiger partial charge in [0.25, 0.3) is 11.6 Å². The number of amides is 3. The normalized spacial score (nSPS) is 22.2. The summed E-state index contributed by atoms with van der Waals surface area (Å²) in [4.78, 5) is 53.7. The molecule has 2 N–H and O–H groups in total. The van der Waals surface area contributed by atoms with E-state index in [9.17, 15) is 24.5 Å². The average molecular weight is 624 g/mol. The number of hydrogen-bond donors (Lipinski definition) is 2. The predicted molar refractivity (Wildman–Crippen MR) is 165 cm³/mol. The highest BCUT2D eigenvalue weighted by molar-refractivity contribution is 5.97. The van der Waals surface area contributed by atoms with E-state index in [1.54, 1.807) is 30.6 Å². The summed E-state index contributed by atoms with van der Waals surface area (Å²) in [6.45, 7) is 7.32. The Kier molecular flexibility index (Phi) is 9.35. The minimum atomic E-state index is -0.645. The molecule has 3 amide bonds. The molecule has 242 valence electrons. The van der Waals surface area contributed by atoms with Crippen molar-refractivity contribution in [1.29, 1.82) is 0 Å². The second kappa shape index (κ2) is 13.2. The molecule has 2 aromatic rings. The molecule has 3 fully saturated rings. The van der Waals surface area contributed by atoms with Crippen LogP contribution in [0.1, 0.15) is 56.0 Å². The van der Waals surface area contributed by atoms with Gasteiger partial charge in [-0.15, -0.1) is 0 Å². The predicted octanol–water partition coefficient (Wildman–Crippen LogP) is 4.80. The van der Waals surface area contributed by atoms with Crippen LogP contribution in [0.15, 0.2) is 42.5 Å². The molecule has 45 heavy (non-hydrogen) atoms. The third-order valence-corrected chi connectivity index (χ3v) is 8.59. The summed E-state index contributed by atoms with van der Waals surface area (Å²) in [5.74, 6) is -0.0654. The van der Waals surface area contributed by atoms with Gasteiger partial charge >= 0.3 is 12.2 Å². The first-order chi connectivity index (χ1) is 21.4. The summed E-state index contributed by atoms with van der Waals surface area (Å²) < 4.78 is 16.4. The van der Waals surface area contributed by atoms with Crippen molar-refractivity contribution >= 4 is 29.5 Å². The highest BCUT2D eigenvalue weighted by Gasteiger charge is 2.50. The van der Waals surface area contributed by atoms with Gasteiger partial charge in [-0.1, -0.05) is 30.3 Å². The number of anilines is 1. The van der Waals surface area contributed by atoms with E-state index >= 15 is 0 Å². The summed E-state index contributed by atoms with van der Waals surface area (Å²) in [5.41, 5.74) is 0.299. The van der Waals surface area contributed by atoms with Crippen LogP contribution in [0.4, 0.5) is 21.0 Å². The van der Waals surface area contributed by atoms with Gasteiger partial charge in [0.05, 0.1) is 29.7 Å². The van der Waals surface area contributed by atoms with Gasteiger partial charge < -0.3 is 34.6 Å². The number of nitro benzene ring substituents is 1. The van der Waals surface area contributed by atoms with Crippen molar-refractivity contribution in [2.75, 3.05) is 38.6 Å². The van der Waals surface area contributed by atoms with Gasteiger partial charge in [0.2, 0.25) is 0 Å². The minimum Gasteiger partial charge on any atom is -0.494 e. The molecule has 2 saturated heterocycles. The van der Waals surface area contributed by atoms with Crippen LogP contribution in [0.3, 0.4) is 0 Å². The Hall–Kier alpha value is -4.55. The van der Waals surface area contributed by atoms with Crippen LogP contribution in [0.2, 0.25) is 0 Å². The molecule has 0 aromatic heterocycles. The molecule has 13 nitrogen and oxygen atoms in total. The number of methoxy groups -OCH3 is 1. The second-order valence-electron chi connectivity index (χ2n) is 12.9. The van der Waals surface area contributed by atoms with Gasteiger partial charge in [-0.3, -0.25) is 14.9 Å². The van der Waals surface area contributed by atoms with Gasteiger partial charge in [-0.05, 0) is 63.5 Å². The first kappa shape index (κ1) is 31.9. The Morgan fingerprint density at radius 2 is 1.82 bits per heavy atom. The zero-order valence-electron chi connectivity index (χ0n) is 26.1. The highest BCUT2D eigenvalue weighted by atomic mass is 16.6. The Labute approximate surface area is 262 Å². The summed E-state index contributed by atoms with van der Waals surface area (Å²) in [6, 6.07) is 11.7. The average Bonchev–Trinajstić information content (AvgIpc) is 3.72. The third kappa shape index (κ3) is 7.40. The number of carbonyl (C=O) groups excluding carboxylic acids is 3. The van der Waals surface area contributed by atoms with E-state index in [1.807, 2.05) is 30.3 Å². The first-order valence-corrected chi connectivity index (χ1v) is 15.3. The van der Waals surface area contributed by atoms with Crippen molar-refractivity contribution in [1.82, 2.24) is 15.1 Å². The zero-order chi connectivity index (χ0) is 32.3. The van der Waals surface area contributed by atoms with Crippen LogP contribution in [-0.4, -0.2) is 83.8 Å². The van der Waals surface area contributed by atoms with Gasteiger partial charge in [-0.2, -0.15) is 0 Å². The maximum absolute atomic E-state index is 13.7. The number of likely N-dealkylation sites (tertiary alicyclic amines) is 2.